The molecule has 1 aromatic rings. The van der Waals surface area contributed by atoms with Crippen LogP contribution in [0.1, 0.15) is 62.3 Å². The Balaban J connectivity index is 1.98. The van der Waals surface area contributed by atoms with Crippen LogP contribution < -0.4 is 9.47 Å². The number of methoxy groups -OCH3 is 1. The highest BCUT2D eigenvalue weighted by molar-refractivity contribution is 5.69. The summed E-state index contributed by atoms with van der Waals surface area (Å²) >= 11 is 0. The second kappa shape index (κ2) is 27.4. The minimum absolute atomic E-state index is 0.118. The predicted molar refractivity (Wildman–Crippen MR) is 233 cm³/mol. The van der Waals surface area contributed by atoms with Crippen LogP contribution in [-0.2, 0) is 114 Å². The van der Waals surface area contributed by atoms with Crippen molar-refractivity contribution in [3.8, 4) is 11.5 Å². The highest BCUT2D eigenvalue weighted by Gasteiger charge is 2.60. The molecule has 4 rings (SSSR count). The van der Waals surface area contributed by atoms with E-state index < -0.39 is 166 Å². The Kier molecular flexibility index (Phi) is 22.1. The van der Waals surface area contributed by atoms with E-state index in [0.29, 0.717) is 5.75 Å². The van der Waals surface area contributed by atoms with Crippen molar-refractivity contribution >= 4 is 53.7 Å². The standard InChI is InChI=1S/C46H60O26/c1-12-17-57-38-35(61-24(5)50)32(18-58-21(2)47)69-45(41(38)64-27(8)53)71-40-37(63-26(7)52)34(20-60-23(4)49)70-46(43(40)66-29(10)55)72-39-36(62-25(6)51)33(19-59-22(3)48)68-44(42(39)65-28(9)54)67-31-15-13-30(56-11)14-16-31/h12-16,32-46H,1,17-20H2,2-11H3/t32-,33-,34-,35-,36-,37-,38+,39+,40+,41-,42-,43-,44-,45-,46+/m1/s1. The summed E-state index contributed by atoms with van der Waals surface area (Å²) in [7, 11) is 1.43. The van der Waals surface area contributed by atoms with Crippen LogP contribution >= 0.6 is 0 Å². The first-order chi connectivity index (χ1) is 34.0. The van der Waals surface area contributed by atoms with Crippen LogP contribution in [0.15, 0.2) is 36.9 Å². The largest absolute Gasteiger partial charge is 0.497 e. The number of carbonyl (C=O) groups excluding carboxylic acids is 9. The molecule has 3 aliphatic rings. The second-order valence-corrected chi connectivity index (χ2v) is 16.1. The van der Waals surface area contributed by atoms with Gasteiger partial charge in [-0.2, -0.15) is 0 Å². The maximum Gasteiger partial charge on any atom is 0.303 e. The van der Waals surface area contributed by atoms with Crippen LogP contribution in [0.3, 0.4) is 0 Å². The molecule has 0 N–H and O–H groups in total. The first kappa shape index (κ1) is 58.1. The average molecular weight is 1030 g/mol. The summed E-state index contributed by atoms with van der Waals surface area (Å²) < 4.78 is 99.6. The van der Waals surface area contributed by atoms with Gasteiger partial charge in [-0.05, 0) is 24.3 Å². The van der Waals surface area contributed by atoms with E-state index in [-0.39, 0.29) is 12.4 Å². The van der Waals surface area contributed by atoms with Crippen LogP contribution in [0.25, 0.3) is 0 Å². The summed E-state index contributed by atoms with van der Waals surface area (Å²) in [5.41, 5.74) is 0. The average Bonchev–Trinajstić information content (AvgIpc) is 3.28. The van der Waals surface area contributed by atoms with Crippen LogP contribution in [0.2, 0.25) is 0 Å². The summed E-state index contributed by atoms with van der Waals surface area (Å²) in [5.74, 6) is -7.59. The molecule has 26 heteroatoms. The van der Waals surface area contributed by atoms with E-state index in [1.165, 1.54) is 25.3 Å². The van der Waals surface area contributed by atoms with Crippen LogP contribution in [0.4, 0.5) is 0 Å². The van der Waals surface area contributed by atoms with Gasteiger partial charge < -0.3 is 80.5 Å². The fraction of sp³-hybridized carbons (Fsp3) is 0.630. The molecule has 3 aliphatic heterocycles. The molecule has 400 valence electrons. The summed E-state index contributed by atoms with van der Waals surface area (Å²) in [6.07, 6.45) is -24.5. The Bertz CT molecular complexity index is 2070. The zero-order valence-corrected chi connectivity index (χ0v) is 41.2. The van der Waals surface area contributed by atoms with E-state index in [2.05, 4.69) is 6.58 Å². The third-order valence-electron chi connectivity index (χ3n) is 10.2. The van der Waals surface area contributed by atoms with Crippen molar-refractivity contribution in [2.24, 2.45) is 0 Å². The minimum atomic E-state index is -2.05. The minimum Gasteiger partial charge on any atom is -0.497 e. The van der Waals surface area contributed by atoms with Gasteiger partial charge >= 0.3 is 53.7 Å². The molecule has 0 bridgehead atoms. The van der Waals surface area contributed by atoms with Gasteiger partial charge in [0.2, 0.25) is 6.29 Å². The van der Waals surface area contributed by atoms with Gasteiger partial charge in [0.05, 0.1) is 13.7 Å². The molecule has 26 nitrogen and oxygen atoms in total. The van der Waals surface area contributed by atoms with Crippen molar-refractivity contribution in [1.29, 1.82) is 0 Å². The predicted octanol–water partition coefficient (Wildman–Crippen LogP) is 0.870. The highest BCUT2D eigenvalue weighted by atomic mass is 16.8. The van der Waals surface area contributed by atoms with Crippen molar-refractivity contribution in [3.05, 3.63) is 36.9 Å². The first-order valence-corrected chi connectivity index (χ1v) is 22.3. The lowest BCUT2D eigenvalue weighted by atomic mass is 9.95. The molecule has 15 atom stereocenters. The Morgan fingerprint density at radius 2 is 0.736 bits per heavy atom. The molecular weight excluding hydrogens is 968 g/mol. The Hall–Kier alpha value is -6.45. The third-order valence-corrected chi connectivity index (χ3v) is 10.2. The van der Waals surface area contributed by atoms with Gasteiger partial charge in [0.15, 0.2) is 49.2 Å². The molecule has 0 radical (unpaired) electrons. The quantitative estimate of drug-likeness (QED) is 0.0884. The number of hydrogen-bond acceptors (Lipinski definition) is 26. The fourth-order valence-corrected chi connectivity index (χ4v) is 7.68. The van der Waals surface area contributed by atoms with E-state index in [1.807, 2.05) is 0 Å². The van der Waals surface area contributed by atoms with Crippen molar-refractivity contribution < 1.29 is 124 Å². The van der Waals surface area contributed by atoms with Gasteiger partial charge in [-0.15, -0.1) is 6.58 Å². The Morgan fingerprint density at radius 3 is 1.07 bits per heavy atom. The van der Waals surface area contributed by atoms with Crippen molar-refractivity contribution in [3.63, 3.8) is 0 Å². The molecule has 1 aromatic carbocycles. The molecule has 0 aromatic heterocycles. The van der Waals surface area contributed by atoms with Crippen molar-refractivity contribution in [1.82, 2.24) is 0 Å². The molecule has 0 saturated carbocycles. The Morgan fingerprint density at radius 1 is 0.431 bits per heavy atom. The van der Waals surface area contributed by atoms with E-state index >= 15 is 0 Å². The van der Waals surface area contributed by atoms with Crippen LogP contribution in [0, 0.1) is 0 Å². The maximum absolute atomic E-state index is 13.2. The molecular formula is C46H60O26. The summed E-state index contributed by atoms with van der Waals surface area (Å²) in [4.78, 5) is 114. The lowest BCUT2D eigenvalue weighted by Gasteiger charge is -2.50. The first-order valence-electron chi connectivity index (χ1n) is 22.3. The summed E-state index contributed by atoms with van der Waals surface area (Å²) in [6.45, 7) is 10.8. The molecule has 0 spiro atoms. The maximum atomic E-state index is 13.2. The molecule has 0 amide bonds. The summed E-state index contributed by atoms with van der Waals surface area (Å²) in [5, 5.41) is 0. The van der Waals surface area contributed by atoms with E-state index in [0.717, 1.165) is 62.3 Å². The number of ether oxygens (including phenoxy) is 17. The van der Waals surface area contributed by atoms with Crippen LogP contribution in [-0.4, -0.2) is 179 Å². The number of benzene rings is 1. The van der Waals surface area contributed by atoms with Crippen molar-refractivity contribution in [2.45, 2.75) is 154 Å². The molecule has 72 heavy (non-hydrogen) atoms. The van der Waals surface area contributed by atoms with Gasteiger partial charge in [0.25, 0.3) is 0 Å². The van der Waals surface area contributed by atoms with Crippen molar-refractivity contribution in [2.75, 3.05) is 33.5 Å². The van der Waals surface area contributed by atoms with Gasteiger partial charge in [-0.3, -0.25) is 43.2 Å². The van der Waals surface area contributed by atoms with Gasteiger partial charge in [-0.1, -0.05) is 6.08 Å². The lowest BCUT2D eigenvalue weighted by Crippen LogP contribution is -2.69. The fourth-order valence-electron chi connectivity index (χ4n) is 7.68. The number of hydrogen-bond donors (Lipinski definition) is 0. The molecule has 3 saturated heterocycles. The molecule has 3 heterocycles. The number of carbonyl (C=O) groups is 9. The zero-order valence-electron chi connectivity index (χ0n) is 41.2. The third kappa shape index (κ3) is 17.1. The van der Waals surface area contributed by atoms with E-state index in [1.54, 1.807) is 12.1 Å². The monoisotopic (exact) mass is 1030 g/mol. The topological polar surface area (TPSA) is 311 Å². The molecule has 0 unspecified atom stereocenters. The number of esters is 9. The SMILES string of the molecule is C=CCO[C@@H]1[C@@H](OC(C)=O)[C@@H](O[C@@H]2[C@@H](OC(C)=O)[C@H](O[C@@H]3[C@@H](OC(C)=O)[C@H](Oc4ccc(OC)cc4)O[C@H](COC(C)=O)[C@H]3OC(C)=O)O[C@H](COC(C)=O)[C@H]2OC(C)=O)O[C@H](COC(C)=O)[C@H]1OC(C)=O. The normalized spacial score (nSPS) is 29.9. The van der Waals surface area contributed by atoms with E-state index in [9.17, 15) is 43.2 Å². The molecule has 0 aliphatic carbocycles. The number of rotatable bonds is 22. The second-order valence-electron chi connectivity index (χ2n) is 16.1. The van der Waals surface area contributed by atoms with Crippen LogP contribution in [0.5, 0.6) is 11.5 Å². The summed E-state index contributed by atoms with van der Waals surface area (Å²) in [6, 6.07) is 6.04. The smallest absolute Gasteiger partial charge is 0.303 e. The lowest BCUT2D eigenvalue weighted by molar-refractivity contribution is -0.379. The van der Waals surface area contributed by atoms with Gasteiger partial charge in [0, 0.05) is 62.3 Å². The molecule has 3 fully saturated rings. The zero-order chi connectivity index (χ0) is 53.4. The van der Waals surface area contributed by atoms with Gasteiger partial charge in [-0.25, -0.2) is 0 Å². The highest BCUT2D eigenvalue weighted by Crippen LogP contribution is 2.39. The van der Waals surface area contributed by atoms with Gasteiger partial charge in [0.1, 0.15) is 67.9 Å². The Labute approximate surface area is 413 Å². The van der Waals surface area contributed by atoms with E-state index in [4.69, 9.17) is 80.5 Å².